The number of imidazole rings is 1. The average molecular weight is 331 g/mol. The quantitative estimate of drug-likeness (QED) is 0.540. The van der Waals surface area contributed by atoms with Gasteiger partial charge in [0.1, 0.15) is 17.4 Å². The molecular formula is C19H11ClN4. The van der Waals surface area contributed by atoms with Crippen LogP contribution in [0.3, 0.4) is 0 Å². The van der Waals surface area contributed by atoms with Crippen molar-refractivity contribution < 1.29 is 0 Å². The number of pyridine rings is 2. The Hall–Kier alpha value is -3.16. The van der Waals surface area contributed by atoms with Gasteiger partial charge in [-0.25, -0.2) is 4.98 Å². The molecule has 0 spiro atoms. The summed E-state index contributed by atoms with van der Waals surface area (Å²) in [6.07, 6.45) is 5.24. The molecule has 114 valence electrons. The van der Waals surface area contributed by atoms with Gasteiger partial charge in [-0.2, -0.15) is 5.26 Å². The molecule has 0 fully saturated rings. The molecule has 0 aliphatic heterocycles. The normalized spacial score (nSPS) is 10.7. The Balaban J connectivity index is 1.93. The minimum absolute atomic E-state index is 0.500. The van der Waals surface area contributed by atoms with Gasteiger partial charge < -0.3 is 0 Å². The van der Waals surface area contributed by atoms with Crippen LogP contribution in [0.4, 0.5) is 0 Å². The van der Waals surface area contributed by atoms with E-state index in [9.17, 15) is 5.26 Å². The summed E-state index contributed by atoms with van der Waals surface area (Å²) in [7, 11) is 0. The summed E-state index contributed by atoms with van der Waals surface area (Å²) in [6.45, 7) is 0. The van der Waals surface area contributed by atoms with Gasteiger partial charge in [-0.05, 0) is 30.3 Å². The van der Waals surface area contributed by atoms with Gasteiger partial charge in [0.15, 0.2) is 0 Å². The fraction of sp³-hybridized carbons (Fsp3) is 0. The van der Waals surface area contributed by atoms with E-state index in [1.54, 1.807) is 16.8 Å². The van der Waals surface area contributed by atoms with Gasteiger partial charge in [0.05, 0.1) is 11.9 Å². The standard InChI is InChI=1S/C19H11ClN4/c20-15-4-1-3-13(9-15)19-17(5-2-8-22-19)14-6-7-18-23-11-16(10-21)24(18)12-14/h1-9,11-12H. The van der Waals surface area contributed by atoms with Gasteiger partial charge in [0, 0.05) is 34.1 Å². The Kier molecular flexibility index (Phi) is 3.49. The minimum Gasteiger partial charge on any atom is -0.291 e. The van der Waals surface area contributed by atoms with Crippen molar-refractivity contribution in [3.8, 4) is 28.5 Å². The highest BCUT2D eigenvalue weighted by Gasteiger charge is 2.11. The number of benzene rings is 1. The van der Waals surface area contributed by atoms with E-state index in [0.29, 0.717) is 10.7 Å². The summed E-state index contributed by atoms with van der Waals surface area (Å²) in [5.74, 6) is 0. The number of aromatic nitrogens is 3. The monoisotopic (exact) mass is 330 g/mol. The van der Waals surface area contributed by atoms with Crippen LogP contribution in [-0.2, 0) is 0 Å². The molecule has 0 aliphatic rings. The molecule has 5 heteroatoms. The molecule has 0 atom stereocenters. The van der Waals surface area contributed by atoms with E-state index in [4.69, 9.17) is 11.6 Å². The lowest BCUT2D eigenvalue weighted by molar-refractivity contribution is 1.15. The Morgan fingerprint density at radius 3 is 2.75 bits per heavy atom. The molecule has 4 nitrogen and oxygen atoms in total. The van der Waals surface area contributed by atoms with Crippen LogP contribution in [0.25, 0.3) is 28.0 Å². The second kappa shape index (κ2) is 5.80. The van der Waals surface area contributed by atoms with Gasteiger partial charge in [0.2, 0.25) is 0 Å². The van der Waals surface area contributed by atoms with Crippen molar-refractivity contribution in [2.45, 2.75) is 0 Å². The third kappa shape index (κ3) is 2.41. The number of nitriles is 1. The summed E-state index contributed by atoms with van der Waals surface area (Å²) in [4.78, 5) is 8.75. The van der Waals surface area contributed by atoms with Crippen LogP contribution >= 0.6 is 11.6 Å². The minimum atomic E-state index is 0.500. The van der Waals surface area contributed by atoms with Crippen molar-refractivity contribution in [3.63, 3.8) is 0 Å². The highest BCUT2D eigenvalue weighted by Crippen LogP contribution is 2.31. The van der Waals surface area contributed by atoms with Crippen LogP contribution in [0.5, 0.6) is 0 Å². The van der Waals surface area contributed by atoms with Crippen molar-refractivity contribution in [2.24, 2.45) is 0 Å². The van der Waals surface area contributed by atoms with Gasteiger partial charge in [-0.3, -0.25) is 9.38 Å². The fourth-order valence-electron chi connectivity index (χ4n) is 2.73. The smallest absolute Gasteiger partial charge is 0.144 e. The summed E-state index contributed by atoms with van der Waals surface area (Å²) in [5.41, 5.74) is 4.96. The summed E-state index contributed by atoms with van der Waals surface area (Å²) in [6, 6.07) is 17.5. The first-order chi connectivity index (χ1) is 11.8. The lowest BCUT2D eigenvalue weighted by Crippen LogP contribution is -1.93. The molecule has 4 aromatic rings. The second-order valence-corrected chi connectivity index (χ2v) is 5.75. The average Bonchev–Trinajstić information content (AvgIpc) is 3.04. The van der Waals surface area contributed by atoms with Crippen LogP contribution in [0.15, 0.2) is 67.1 Å². The maximum Gasteiger partial charge on any atom is 0.144 e. The van der Waals surface area contributed by atoms with E-state index in [1.165, 1.54) is 0 Å². The van der Waals surface area contributed by atoms with Crippen molar-refractivity contribution in [1.29, 1.82) is 5.26 Å². The van der Waals surface area contributed by atoms with E-state index < -0.39 is 0 Å². The SMILES string of the molecule is N#Cc1cnc2ccc(-c3cccnc3-c3cccc(Cl)c3)cn12. The molecule has 4 rings (SSSR count). The first-order valence-electron chi connectivity index (χ1n) is 7.35. The van der Waals surface area contributed by atoms with Crippen LogP contribution in [0.2, 0.25) is 5.02 Å². The molecule has 3 heterocycles. The topological polar surface area (TPSA) is 54.0 Å². The fourth-order valence-corrected chi connectivity index (χ4v) is 2.92. The largest absolute Gasteiger partial charge is 0.291 e. The Labute approximate surface area is 143 Å². The zero-order valence-corrected chi connectivity index (χ0v) is 13.3. The zero-order valence-electron chi connectivity index (χ0n) is 12.5. The lowest BCUT2D eigenvalue weighted by atomic mass is 10.0. The Morgan fingerprint density at radius 2 is 1.92 bits per heavy atom. The van der Waals surface area contributed by atoms with Crippen molar-refractivity contribution in [2.75, 3.05) is 0 Å². The molecule has 0 saturated heterocycles. The predicted octanol–water partition coefficient (Wildman–Crippen LogP) is 4.59. The number of hydrogen-bond donors (Lipinski definition) is 0. The van der Waals surface area contributed by atoms with Crippen molar-refractivity contribution >= 4 is 17.2 Å². The maximum absolute atomic E-state index is 9.21. The molecule has 0 saturated carbocycles. The van der Waals surface area contributed by atoms with E-state index >= 15 is 0 Å². The molecular weight excluding hydrogens is 320 g/mol. The molecule has 0 N–H and O–H groups in total. The first-order valence-corrected chi connectivity index (χ1v) is 7.72. The first kappa shape index (κ1) is 14.4. The predicted molar refractivity (Wildman–Crippen MR) is 93.6 cm³/mol. The van der Waals surface area contributed by atoms with Crippen LogP contribution in [0, 0.1) is 11.3 Å². The molecule has 0 unspecified atom stereocenters. The third-order valence-electron chi connectivity index (χ3n) is 3.84. The number of halogens is 1. The van der Waals surface area contributed by atoms with E-state index in [0.717, 1.165) is 28.0 Å². The zero-order chi connectivity index (χ0) is 16.5. The summed E-state index contributed by atoms with van der Waals surface area (Å²) >= 11 is 6.12. The van der Waals surface area contributed by atoms with Crippen molar-refractivity contribution in [3.05, 3.63) is 77.8 Å². The van der Waals surface area contributed by atoms with Crippen LogP contribution in [0.1, 0.15) is 5.69 Å². The molecule has 0 bridgehead atoms. The molecule has 3 aromatic heterocycles. The summed E-state index contributed by atoms with van der Waals surface area (Å²) < 4.78 is 1.78. The molecule has 0 radical (unpaired) electrons. The lowest BCUT2D eigenvalue weighted by Gasteiger charge is -2.10. The van der Waals surface area contributed by atoms with E-state index in [1.807, 2.05) is 54.7 Å². The van der Waals surface area contributed by atoms with E-state index in [-0.39, 0.29) is 0 Å². The second-order valence-electron chi connectivity index (χ2n) is 5.31. The number of nitrogens with zero attached hydrogens (tertiary/aromatic N) is 4. The molecule has 1 aromatic carbocycles. The van der Waals surface area contributed by atoms with Gasteiger partial charge in [-0.1, -0.05) is 29.8 Å². The van der Waals surface area contributed by atoms with Crippen molar-refractivity contribution in [1.82, 2.24) is 14.4 Å². The molecule has 24 heavy (non-hydrogen) atoms. The third-order valence-corrected chi connectivity index (χ3v) is 4.07. The van der Waals surface area contributed by atoms with Gasteiger partial charge in [0.25, 0.3) is 0 Å². The highest BCUT2D eigenvalue weighted by molar-refractivity contribution is 6.30. The molecule has 0 aliphatic carbocycles. The Bertz CT molecular complexity index is 1090. The maximum atomic E-state index is 9.21. The number of rotatable bonds is 2. The van der Waals surface area contributed by atoms with Crippen LogP contribution in [-0.4, -0.2) is 14.4 Å². The highest BCUT2D eigenvalue weighted by atomic mass is 35.5. The summed E-state index contributed by atoms with van der Waals surface area (Å²) in [5, 5.41) is 9.88. The van der Waals surface area contributed by atoms with Gasteiger partial charge >= 0.3 is 0 Å². The molecule has 0 amide bonds. The number of fused-ring (bicyclic) bond motifs is 1. The van der Waals surface area contributed by atoms with Gasteiger partial charge in [-0.15, -0.1) is 0 Å². The van der Waals surface area contributed by atoms with Crippen LogP contribution < -0.4 is 0 Å². The Morgan fingerprint density at radius 1 is 1.00 bits per heavy atom. The number of hydrogen-bond acceptors (Lipinski definition) is 3. The van der Waals surface area contributed by atoms with E-state index in [2.05, 4.69) is 16.0 Å².